The molecule has 1 saturated carbocycles. The Hall–Kier alpha value is -2.64. The first kappa shape index (κ1) is 23.0. The maximum Gasteiger partial charge on any atom is 0.410 e. The van der Waals surface area contributed by atoms with E-state index in [1.807, 2.05) is 40.8 Å². The van der Waals surface area contributed by atoms with Crippen molar-refractivity contribution in [3.05, 3.63) is 17.8 Å². The summed E-state index contributed by atoms with van der Waals surface area (Å²) in [5.74, 6) is 1.56. The normalized spacial score (nSPS) is 17.2. The van der Waals surface area contributed by atoms with Gasteiger partial charge in [0.05, 0.1) is 11.6 Å². The van der Waals surface area contributed by atoms with Gasteiger partial charge in [0.1, 0.15) is 11.1 Å². The number of anilines is 2. The summed E-state index contributed by atoms with van der Waals surface area (Å²) in [5.41, 5.74) is 8.29. The van der Waals surface area contributed by atoms with Crippen LogP contribution in [-0.2, 0) is 4.74 Å². The fraction of sp³-hybridized carbons (Fsp3) is 0.652. The molecule has 2 aliphatic rings. The zero-order valence-electron chi connectivity index (χ0n) is 19.7. The van der Waals surface area contributed by atoms with E-state index in [2.05, 4.69) is 20.9 Å². The highest BCUT2D eigenvalue weighted by molar-refractivity contribution is 5.87. The summed E-state index contributed by atoms with van der Waals surface area (Å²) in [4.78, 5) is 29.6. The number of fused-ring (bicyclic) bond motifs is 1. The summed E-state index contributed by atoms with van der Waals surface area (Å²) in [6.45, 7) is 10.9. The van der Waals surface area contributed by atoms with Crippen molar-refractivity contribution in [3.63, 3.8) is 0 Å². The zero-order chi connectivity index (χ0) is 22.8. The van der Waals surface area contributed by atoms with E-state index < -0.39 is 5.60 Å². The monoisotopic (exact) mass is 428 g/mol. The summed E-state index contributed by atoms with van der Waals surface area (Å²) in [6.07, 6.45) is 6.64. The molecule has 4 rings (SSSR count). The number of carbonyl (C=O) groups excluding carboxylic acids is 1. The van der Waals surface area contributed by atoms with Crippen molar-refractivity contribution < 1.29 is 9.53 Å². The average molecular weight is 429 g/mol. The van der Waals surface area contributed by atoms with Gasteiger partial charge in [0.2, 0.25) is 5.95 Å². The van der Waals surface area contributed by atoms with E-state index in [0.717, 1.165) is 16.9 Å². The molecular weight excluding hydrogens is 392 g/mol. The molecule has 2 aromatic rings. The highest BCUT2D eigenvalue weighted by Gasteiger charge is 2.36. The fourth-order valence-electron chi connectivity index (χ4n) is 4.10. The number of pyridine rings is 1. The van der Waals surface area contributed by atoms with Crippen LogP contribution < -0.4 is 10.6 Å². The molecule has 1 aliphatic carbocycles. The van der Waals surface area contributed by atoms with Crippen molar-refractivity contribution >= 4 is 28.9 Å². The van der Waals surface area contributed by atoms with Gasteiger partial charge in [-0.1, -0.05) is 26.7 Å². The molecule has 2 fully saturated rings. The number of nitrogens with two attached hydrogens (primary N) is 1. The number of nitrogens with zero attached hydrogens (tertiary/aromatic N) is 5. The lowest BCUT2D eigenvalue weighted by atomic mass is 9.99. The summed E-state index contributed by atoms with van der Waals surface area (Å²) >= 11 is 0. The lowest BCUT2D eigenvalue weighted by molar-refractivity contribution is 0.0196. The van der Waals surface area contributed by atoms with Gasteiger partial charge < -0.3 is 20.3 Å². The van der Waals surface area contributed by atoms with Crippen molar-refractivity contribution in [2.75, 3.05) is 30.8 Å². The van der Waals surface area contributed by atoms with Gasteiger partial charge in [0.15, 0.2) is 5.82 Å². The topological polar surface area (TPSA) is 97.5 Å². The quantitative estimate of drug-likeness (QED) is 0.776. The molecule has 8 heteroatoms. The van der Waals surface area contributed by atoms with E-state index in [1.54, 1.807) is 11.9 Å². The fourth-order valence-corrected chi connectivity index (χ4v) is 4.10. The Labute approximate surface area is 185 Å². The number of amides is 1. The molecule has 170 valence electrons. The standard InChI is InChI=1S/C21H30N6O2.C2H6/c1-21(2,3)29-20(28)26(4)15-11-27(12-15)18-17-16(24-19(22)25-18)9-14(10-23-17)13-7-5-6-8-13;1-2/h9-10,13,15H,5-8,11-12H2,1-4H3,(H2,22,24,25);1-2H3. The summed E-state index contributed by atoms with van der Waals surface area (Å²) < 4.78 is 5.46. The predicted octanol–water partition coefficient (Wildman–Crippen LogP) is 4.35. The molecule has 0 aromatic carbocycles. The second-order valence-electron chi connectivity index (χ2n) is 9.17. The van der Waals surface area contributed by atoms with E-state index in [1.165, 1.54) is 31.2 Å². The van der Waals surface area contributed by atoms with Crippen molar-refractivity contribution in [1.29, 1.82) is 0 Å². The lowest BCUT2D eigenvalue weighted by Crippen LogP contribution is -2.60. The Balaban J connectivity index is 0.00000132. The summed E-state index contributed by atoms with van der Waals surface area (Å²) in [7, 11) is 1.77. The van der Waals surface area contributed by atoms with Crippen LogP contribution in [0.1, 0.15) is 71.8 Å². The Morgan fingerprint density at radius 1 is 1.19 bits per heavy atom. The van der Waals surface area contributed by atoms with E-state index in [9.17, 15) is 4.79 Å². The molecule has 0 unspecified atom stereocenters. The number of carbonyl (C=O) groups is 1. The van der Waals surface area contributed by atoms with Crippen LogP contribution in [0.3, 0.4) is 0 Å². The van der Waals surface area contributed by atoms with Gasteiger partial charge in [-0.15, -0.1) is 0 Å². The molecule has 0 radical (unpaired) electrons. The van der Waals surface area contributed by atoms with Crippen LogP contribution in [0.2, 0.25) is 0 Å². The second kappa shape index (κ2) is 9.24. The number of aromatic nitrogens is 3. The number of rotatable bonds is 3. The number of hydrogen-bond acceptors (Lipinski definition) is 7. The first-order valence-electron chi connectivity index (χ1n) is 11.4. The van der Waals surface area contributed by atoms with Gasteiger partial charge in [0.25, 0.3) is 0 Å². The molecule has 2 aromatic heterocycles. The van der Waals surface area contributed by atoms with E-state index in [0.29, 0.717) is 19.0 Å². The summed E-state index contributed by atoms with van der Waals surface area (Å²) in [6, 6.07) is 2.18. The van der Waals surface area contributed by atoms with E-state index in [-0.39, 0.29) is 18.1 Å². The first-order valence-corrected chi connectivity index (χ1v) is 11.4. The number of likely N-dealkylation sites (N-methyl/N-ethyl adjacent to an activating group) is 1. The van der Waals surface area contributed by atoms with Crippen molar-refractivity contribution in [3.8, 4) is 0 Å². The van der Waals surface area contributed by atoms with Gasteiger partial charge in [-0.05, 0) is 51.2 Å². The minimum Gasteiger partial charge on any atom is -0.444 e. The molecule has 1 saturated heterocycles. The third-order valence-corrected chi connectivity index (χ3v) is 5.77. The van der Waals surface area contributed by atoms with Crippen LogP contribution >= 0.6 is 0 Å². The Morgan fingerprint density at radius 2 is 1.84 bits per heavy atom. The van der Waals surface area contributed by atoms with Gasteiger partial charge >= 0.3 is 6.09 Å². The molecule has 0 atom stereocenters. The van der Waals surface area contributed by atoms with E-state index in [4.69, 9.17) is 15.5 Å². The van der Waals surface area contributed by atoms with Gasteiger partial charge in [-0.25, -0.2) is 9.78 Å². The number of hydrogen-bond donors (Lipinski definition) is 1. The smallest absolute Gasteiger partial charge is 0.410 e. The van der Waals surface area contributed by atoms with Crippen LogP contribution in [0.15, 0.2) is 12.3 Å². The largest absolute Gasteiger partial charge is 0.444 e. The Morgan fingerprint density at radius 3 is 2.45 bits per heavy atom. The first-order chi connectivity index (χ1) is 14.7. The molecule has 0 bridgehead atoms. The van der Waals surface area contributed by atoms with Gasteiger partial charge in [0, 0.05) is 26.3 Å². The van der Waals surface area contributed by atoms with E-state index >= 15 is 0 Å². The van der Waals surface area contributed by atoms with Gasteiger partial charge in [-0.2, -0.15) is 4.98 Å². The van der Waals surface area contributed by atoms with Crippen LogP contribution in [0.25, 0.3) is 11.0 Å². The summed E-state index contributed by atoms with van der Waals surface area (Å²) in [5, 5.41) is 0. The molecule has 1 aliphatic heterocycles. The molecule has 8 nitrogen and oxygen atoms in total. The van der Waals surface area contributed by atoms with Crippen molar-refractivity contribution in [1.82, 2.24) is 19.9 Å². The van der Waals surface area contributed by atoms with Gasteiger partial charge in [-0.3, -0.25) is 4.98 Å². The lowest BCUT2D eigenvalue weighted by Gasteiger charge is -2.44. The zero-order valence-corrected chi connectivity index (χ0v) is 19.7. The molecule has 2 N–H and O–H groups in total. The molecule has 0 spiro atoms. The van der Waals surface area contributed by atoms with Crippen LogP contribution in [-0.4, -0.2) is 57.7 Å². The second-order valence-corrected chi connectivity index (χ2v) is 9.17. The molecule has 31 heavy (non-hydrogen) atoms. The number of ether oxygens (including phenoxy) is 1. The number of nitrogen functional groups attached to an aromatic ring is 1. The van der Waals surface area contributed by atoms with Crippen LogP contribution in [0.5, 0.6) is 0 Å². The maximum absolute atomic E-state index is 12.3. The van der Waals surface area contributed by atoms with Crippen molar-refractivity contribution in [2.45, 2.75) is 77.9 Å². The minimum absolute atomic E-state index is 0.0638. The third-order valence-electron chi connectivity index (χ3n) is 5.77. The Kier molecular flexibility index (Phi) is 6.86. The Bertz CT molecular complexity index is 914. The third kappa shape index (κ3) is 5.17. The van der Waals surface area contributed by atoms with Crippen molar-refractivity contribution in [2.24, 2.45) is 0 Å². The van der Waals surface area contributed by atoms with Crippen LogP contribution in [0, 0.1) is 0 Å². The maximum atomic E-state index is 12.3. The van der Waals surface area contributed by atoms with Crippen LogP contribution in [0.4, 0.5) is 16.6 Å². The SMILES string of the molecule is CC.CN(C(=O)OC(C)(C)C)C1CN(c2nc(N)nc3cc(C4CCCC4)cnc23)C1. The average Bonchev–Trinajstić information content (AvgIpc) is 3.21. The highest BCUT2D eigenvalue weighted by atomic mass is 16.6. The molecule has 3 heterocycles. The molecule has 1 amide bonds. The predicted molar refractivity (Wildman–Crippen MR) is 124 cm³/mol. The molecular formula is C23H36N6O2. The minimum atomic E-state index is -0.507. The highest BCUT2D eigenvalue weighted by Crippen LogP contribution is 2.36.